The molecule has 1 amide bonds. The molecule has 1 aromatic carbocycles. The number of aryl methyl sites for hydroxylation is 1. The van der Waals surface area contributed by atoms with Crippen molar-refractivity contribution in [2.45, 2.75) is 26.7 Å². The minimum atomic E-state index is 0.0175. The smallest absolute Gasteiger partial charge is 0.261 e. The number of piperazine rings is 1. The van der Waals surface area contributed by atoms with E-state index in [0.717, 1.165) is 62.6 Å². The van der Waals surface area contributed by atoms with Crippen molar-refractivity contribution in [2.24, 2.45) is 0 Å². The van der Waals surface area contributed by atoms with E-state index in [-0.39, 0.29) is 5.91 Å². The molecule has 0 aliphatic carbocycles. The highest BCUT2D eigenvalue weighted by Gasteiger charge is 2.24. The Morgan fingerprint density at radius 2 is 1.81 bits per heavy atom. The number of hydrogen-bond donors (Lipinski definition) is 0. The van der Waals surface area contributed by atoms with Crippen molar-refractivity contribution in [1.82, 2.24) is 14.8 Å². The number of halogens is 1. The van der Waals surface area contributed by atoms with Crippen LogP contribution in [0.1, 0.15) is 35.7 Å². The monoisotopic (exact) mass is 440 g/mol. The largest absolute Gasteiger partial charge is 0.462 e. The van der Waals surface area contributed by atoms with Crippen LogP contribution in [0.2, 0.25) is 5.15 Å². The number of ether oxygens (including phenoxy) is 1. The molecule has 0 bridgehead atoms. The van der Waals surface area contributed by atoms with Crippen molar-refractivity contribution in [3.63, 3.8) is 0 Å². The third-order valence-corrected chi connectivity index (χ3v) is 6.11. The lowest BCUT2D eigenvalue weighted by atomic mass is 10.1. The molecule has 164 valence electrons. The van der Waals surface area contributed by atoms with Crippen molar-refractivity contribution in [1.29, 1.82) is 0 Å². The van der Waals surface area contributed by atoms with Crippen molar-refractivity contribution >= 4 is 23.3 Å². The molecular formula is C24H29ClN4O2. The van der Waals surface area contributed by atoms with E-state index in [2.05, 4.69) is 14.8 Å². The Morgan fingerprint density at radius 3 is 2.58 bits per heavy atom. The van der Waals surface area contributed by atoms with Crippen LogP contribution in [0.4, 0.5) is 5.82 Å². The summed E-state index contributed by atoms with van der Waals surface area (Å²) in [4.78, 5) is 24.0. The maximum atomic E-state index is 13.0. The van der Waals surface area contributed by atoms with Gasteiger partial charge in [-0.2, -0.15) is 0 Å². The second kappa shape index (κ2) is 9.71. The summed E-state index contributed by atoms with van der Waals surface area (Å²) in [6.07, 6.45) is 3.69. The summed E-state index contributed by atoms with van der Waals surface area (Å²) >= 11 is 6.02. The van der Waals surface area contributed by atoms with Crippen LogP contribution >= 0.6 is 11.6 Å². The van der Waals surface area contributed by atoms with Crippen LogP contribution < -0.4 is 9.64 Å². The second-order valence-electron chi connectivity index (χ2n) is 8.19. The zero-order valence-electron chi connectivity index (χ0n) is 18.2. The third-order valence-electron chi connectivity index (χ3n) is 5.90. The molecule has 7 heteroatoms. The lowest BCUT2D eigenvalue weighted by Crippen LogP contribution is -2.47. The molecule has 0 spiro atoms. The Bertz CT molecular complexity index is 970. The summed E-state index contributed by atoms with van der Waals surface area (Å²) in [5.41, 5.74) is 2.56. The van der Waals surface area contributed by atoms with Crippen LogP contribution in [-0.2, 0) is 0 Å². The third kappa shape index (κ3) is 5.20. The first-order chi connectivity index (χ1) is 15.0. The number of hydrogen-bond acceptors (Lipinski definition) is 5. The van der Waals surface area contributed by atoms with Gasteiger partial charge in [0, 0.05) is 32.7 Å². The molecular weight excluding hydrogens is 412 g/mol. The minimum Gasteiger partial charge on any atom is -0.462 e. The van der Waals surface area contributed by atoms with Gasteiger partial charge in [-0.25, -0.2) is 4.98 Å². The highest BCUT2D eigenvalue weighted by atomic mass is 35.5. The average Bonchev–Trinajstić information content (AvgIpc) is 2.88. The first kappa shape index (κ1) is 21.7. The summed E-state index contributed by atoms with van der Waals surface area (Å²) in [6.45, 7) is 9.59. The molecule has 2 aliphatic heterocycles. The number of carbonyl (C=O) groups excluding carboxylic acids is 1. The van der Waals surface area contributed by atoms with E-state index in [9.17, 15) is 4.79 Å². The molecule has 6 nitrogen and oxygen atoms in total. The molecule has 0 N–H and O–H groups in total. The predicted molar refractivity (Wildman–Crippen MR) is 124 cm³/mol. The van der Waals surface area contributed by atoms with Gasteiger partial charge in [0.25, 0.3) is 5.91 Å². The van der Waals surface area contributed by atoms with Gasteiger partial charge in [0.15, 0.2) is 0 Å². The van der Waals surface area contributed by atoms with E-state index in [1.54, 1.807) is 12.3 Å². The minimum absolute atomic E-state index is 0.0175. The highest BCUT2D eigenvalue weighted by molar-refractivity contribution is 6.29. The summed E-state index contributed by atoms with van der Waals surface area (Å²) in [5, 5.41) is 0.537. The number of fused-ring (bicyclic) bond motifs is 1. The number of rotatable bonds is 6. The van der Waals surface area contributed by atoms with E-state index in [0.29, 0.717) is 23.0 Å². The molecule has 4 rings (SSSR count). The van der Waals surface area contributed by atoms with Crippen LogP contribution in [0.25, 0.3) is 0 Å². The van der Waals surface area contributed by atoms with Gasteiger partial charge in [-0.3, -0.25) is 9.69 Å². The maximum Gasteiger partial charge on any atom is 0.261 e. The summed E-state index contributed by atoms with van der Waals surface area (Å²) < 4.78 is 5.75. The van der Waals surface area contributed by atoms with E-state index in [1.807, 2.05) is 49.1 Å². The maximum absolute atomic E-state index is 13.0. The Balaban J connectivity index is 1.24. The summed E-state index contributed by atoms with van der Waals surface area (Å²) in [6, 6.07) is 11.5. The van der Waals surface area contributed by atoms with Crippen LogP contribution in [0, 0.1) is 6.92 Å². The quantitative estimate of drug-likeness (QED) is 0.494. The summed E-state index contributed by atoms with van der Waals surface area (Å²) in [7, 11) is 0. The number of benzene rings is 1. The van der Waals surface area contributed by atoms with Crippen molar-refractivity contribution in [3.8, 4) is 5.75 Å². The highest BCUT2D eigenvalue weighted by Crippen LogP contribution is 2.27. The van der Waals surface area contributed by atoms with Gasteiger partial charge < -0.3 is 14.5 Å². The molecule has 1 aromatic heterocycles. The number of carbonyl (C=O) groups is 1. The second-order valence-corrected chi connectivity index (χ2v) is 8.58. The molecule has 2 aromatic rings. The van der Waals surface area contributed by atoms with Gasteiger partial charge in [-0.1, -0.05) is 23.7 Å². The molecule has 31 heavy (non-hydrogen) atoms. The van der Waals surface area contributed by atoms with Gasteiger partial charge in [-0.15, -0.1) is 0 Å². The first-order valence-corrected chi connectivity index (χ1v) is 11.2. The van der Waals surface area contributed by atoms with E-state index >= 15 is 0 Å². The molecule has 0 radical (unpaired) electrons. The number of anilines is 1. The van der Waals surface area contributed by atoms with Crippen LogP contribution in [0.15, 0.2) is 48.4 Å². The standard InChI is InChI=1S/C24H29ClN4O2/c1-18-8-9-20-21(16-18)31-17-19(2)29(24(20)30)11-4-3-10-27-12-14-28(15-13-27)23-7-5-6-22(25)26-23/h5-9,16-17H,3-4,10-15H2,1-2H3. The molecule has 1 fully saturated rings. The number of aromatic nitrogens is 1. The fourth-order valence-corrected chi connectivity index (χ4v) is 4.24. The van der Waals surface area contributed by atoms with Crippen LogP contribution in [-0.4, -0.2) is 60.0 Å². The predicted octanol–water partition coefficient (Wildman–Crippen LogP) is 4.34. The average molecular weight is 441 g/mol. The Morgan fingerprint density at radius 1 is 1.03 bits per heavy atom. The SMILES string of the molecule is CC1=COc2cc(C)ccc2C(=O)N1CCCCN1CCN(c2cccc(Cl)n2)CC1. The molecule has 3 heterocycles. The van der Waals surface area contributed by atoms with E-state index in [1.165, 1.54) is 0 Å². The van der Waals surface area contributed by atoms with Crippen LogP contribution in [0.5, 0.6) is 5.75 Å². The number of amides is 1. The molecule has 0 unspecified atom stereocenters. The zero-order valence-corrected chi connectivity index (χ0v) is 18.9. The van der Waals surface area contributed by atoms with Crippen LogP contribution in [0.3, 0.4) is 0 Å². The molecule has 1 saturated heterocycles. The Labute approximate surface area is 189 Å². The fourth-order valence-electron chi connectivity index (χ4n) is 4.08. The Hall–Kier alpha value is -2.57. The van der Waals surface area contributed by atoms with Gasteiger partial charge in [0.1, 0.15) is 23.0 Å². The van der Waals surface area contributed by atoms with Crippen molar-refractivity contribution in [2.75, 3.05) is 44.2 Å². The Kier molecular flexibility index (Phi) is 6.78. The lowest BCUT2D eigenvalue weighted by molar-refractivity contribution is 0.0804. The number of nitrogens with zero attached hydrogens (tertiary/aromatic N) is 4. The van der Waals surface area contributed by atoms with Gasteiger partial charge in [0.2, 0.25) is 0 Å². The number of allylic oxidation sites excluding steroid dienone is 1. The fraction of sp³-hybridized carbons (Fsp3) is 0.417. The topological polar surface area (TPSA) is 48.9 Å². The number of pyridine rings is 1. The van der Waals surface area contributed by atoms with E-state index < -0.39 is 0 Å². The van der Waals surface area contributed by atoms with Crippen molar-refractivity contribution < 1.29 is 9.53 Å². The lowest BCUT2D eigenvalue weighted by Gasteiger charge is -2.35. The van der Waals surface area contributed by atoms with Gasteiger partial charge in [0.05, 0.1) is 11.3 Å². The molecule has 2 aliphatic rings. The molecule has 0 atom stereocenters. The zero-order chi connectivity index (χ0) is 21.8. The normalized spacial score (nSPS) is 17.1. The molecule has 0 saturated carbocycles. The van der Waals surface area contributed by atoms with E-state index in [4.69, 9.17) is 16.3 Å². The van der Waals surface area contributed by atoms with Crippen molar-refractivity contribution in [3.05, 3.63) is 64.6 Å². The first-order valence-electron chi connectivity index (χ1n) is 10.9. The van der Waals surface area contributed by atoms with Gasteiger partial charge >= 0.3 is 0 Å². The summed E-state index contributed by atoms with van der Waals surface area (Å²) in [5.74, 6) is 1.61. The number of unbranched alkanes of at least 4 members (excludes halogenated alkanes) is 1. The van der Waals surface area contributed by atoms with Gasteiger partial charge in [-0.05, 0) is 63.1 Å².